The molecular formula is C26H35N3O2. The van der Waals surface area contributed by atoms with Crippen molar-refractivity contribution in [3.05, 3.63) is 59.7 Å². The highest BCUT2D eigenvalue weighted by molar-refractivity contribution is 6.04. The molecule has 2 aromatic rings. The van der Waals surface area contributed by atoms with E-state index < -0.39 is 0 Å². The Kier molecular flexibility index (Phi) is 6.85. The Labute approximate surface area is 186 Å². The van der Waals surface area contributed by atoms with Crippen LogP contribution in [0.4, 0.5) is 11.4 Å². The molecule has 2 unspecified atom stereocenters. The molecule has 0 saturated heterocycles. The Hall–Kier alpha value is -2.66. The molecule has 3 rings (SSSR count). The van der Waals surface area contributed by atoms with Crippen molar-refractivity contribution in [2.24, 2.45) is 5.92 Å². The summed E-state index contributed by atoms with van der Waals surface area (Å²) >= 11 is 0. The standard InChI is InChI=1S/C26H35N3O2/c1-17(2)25(19-11-13-20(14-12-19)26(4,5)6)27-16-24(31)29-18(3)15-23(30)28-21-9-7-8-10-22(21)29/h7-14,17-18,25,27H,15-16H2,1-6H3,(H,28,30). The predicted molar refractivity (Wildman–Crippen MR) is 127 cm³/mol. The fourth-order valence-corrected chi connectivity index (χ4v) is 4.18. The highest BCUT2D eigenvalue weighted by atomic mass is 16.2. The van der Waals surface area contributed by atoms with Crippen molar-refractivity contribution < 1.29 is 9.59 Å². The van der Waals surface area contributed by atoms with E-state index >= 15 is 0 Å². The van der Waals surface area contributed by atoms with Crippen LogP contribution >= 0.6 is 0 Å². The monoisotopic (exact) mass is 421 g/mol. The zero-order valence-corrected chi connectivity index (χ0v) is 19.5. The van der Waals surface area contributed by atoms with Crippen molar-refractivity contribution >= 4 is 23.2 Å². The van der Waals surface area contributed by atoms with Gasteiger partial charge in [0.1, 0.15) is 0 Å². The molecule has 2 amide bonds. The maximum atomic E-state index is 13.3. The van der Waals surface area contributed by atoms with Gasteiger partial charge in [-0.2, -0.15) is 0 Å². The van der Waals surface area contributed by atoms with Crippen LogP contribution in [0.25, 0.3) is 0 Å². The molecule has 166 valence electrons. The average molecular weight is 422 g/mol. The topological polar surface area (TPSA) is 61.4 Å². The van der Waals surface area contributed by atoms with Gasteiger partial charge in [-0.15, -0.1) is 0 Å². The molecule has 0 spiro atoms. The molecule has 0 saturated carbocycles. The van der Waals surface area contributed by atoms with Crippen LogP contribution < -0.4 is 15.5 Å². The van der Waals surface area contributed by atoms with Crippen LogP contribution in [0.2, 0.25) is 0 Å². The first-order valence-corrected chi connectivity index (χ1v) is 11.1. The lowest BCUT2D eigenvalue weighted by atomic mass is 9.85. The summed E-state index contributed by atoms with van der Waals surface area (Å²) in [6.45, 7) is 13.1. The fraction of sp³-hybridized carbons (Fsp3) is 0.462. The van der Waals surface area contributed by atoms with Crippen LogP contribution in [-0.4, -0.2) is 24.4 Å². The van der Waals surface area contributed by atoms with Crippen LogP contribution in [0.15, 0.2) is 48.5 Å². The minimum atomic E-state index is -0.207. The third kappa shape index (κ3) is 5.34. The lowest BCUT2D eigenvalue weighted by Gasteiger charge is -2.30. The molecule has 2 atom stereocenters. The molecule has 0 aliphatic carbocycles. The van der Waals surface area contributed by atoms with E-state index in [2.05, 4.69) is 69.5 Å². The Bertz CT molecular complexity index is 928. The Morgan fingerprint density at radius 2 is 1.77 bits per heavy atom. The van der Waals surface area contributed by atoms with E-state index in [4.69, 9.17) is 0 Å². The number of amides is 2. The molecule has 5 nitrogen and oxygen atoms in total. The quantitative estimate of drug-likeness (QED) is 0.711. The van der Waals surface area contributed by atoms with E-state index in [1.165, 1.54) is 11.1 Å². The number of carbonyl (C=O) groups excluding carboxylic acids is 2. The first-order chi connectivity index (χ1) is 14.6. The maximum Gasteiger partial charge on any atom is 0.241 e. The third-order valence-electron chi connectivity index (χ3n) is 5.90. The van der Waals surface area contributed by atoms with E-state index in [1.54, 1.807) is 4.90 Å². The van der Waals surface area contributed by atoms with Crippen molar-refractivity contribution in [1.29, 1.82) is 0 Å². The van der Waals surface area contributed by atoms with E-state index in [0.29, 0.717) is 11.6 Å². The summed E-state index contributed by atoms with van der Waals surface area (Å²) in [5.41, 5.74) is 4.02. The SMILES string of the molecule is CC(C)C(NCC(=O)N1c2ccccc2NC(=O)CC1C)c1ccc(C(C)(C)C)cc1. The number of carbonyl (C=O) groups is 2. The van der Waals surface area contributed by atoms with Crippen molar-refractivity contribution in [2.45, 2.75) is 65.5 Å². The number of nitrogens with one attached hydrogen (secondary N) is 2. The second kappa shape index (κ2) is 9.23. The fourth-order valence-electron chi connectivity index (χ4n) is 4.18. The molecule has 0 bridgehead atoms. The van der Waals surface area contributed by atoms with Crippen LogP contribution in [0.1, 0.15) is 65.1 Å². The number of anilines is 2. The zero-order chi connectivity index (χ0) is 22.8. The highest BCUT2D eigenvalue weighted by Gasteiger charge is 2.30. The number of benzene rings is 2. The molecule has 31 heavy (non-hydrogen) atoms. The number of hydrogen-bond acceptors (Lipinski definition) is 3. The summed E-state index contributed by atoms with van der Waals surface area (Å²) in [6.07, 6.45) is 0.280. The number of para-hydroxylation sites is 2. The predicted octanol–water partition coefficient (Wildman–Crippen LogP) is 5.03. The molecule has 0 aromatic heterocycles. The van der Waals surface area contributed by atoms with Crippen LogP contribution in [0.5, 0.6) is 0 Å². The maximum absolute atomic E-state index is 13.3. The van der Waals surface area contributed by atoms with E-state index in [0.717, 1.165) is 5.69 Å². The van der Waals surface area contributed by atoms with Gasteiger partial charge in [0.15, 0.2) is 0 Å². The number of rotatable bonds is 5. The molecule has 2 N–H and O–H groups in total. The Balaban J connectivity index is 1.78. The lowest BCUT2D eigenvalue weighted by molar-refractivity contribution is -0.118. The van der Waals surface area contributed by atoms with Gasteiger partial charge >= 0.3 is 0 Å². The molecule has 0 fully saturated rings. The van der Waals surface area contributed by atoms with Crippen molar-refractivity contribution in [2.75, 3.05) is 16.8 Å². The molecular weight excluding hydrogens is 386 g/mol. The van der Waals surface area contributed by atoms with Crippen LogP contribution in [0.3, 0.4) is 0 Å². The zero-order valence-electron chi connectivity index (χ0n) is 19.5. The lowest BCUT2D eigenvalue weighted by Crippen LogP contribution is -2.45. The van der Waals surface area contributed by atoms with E-state index in [1.807, 2.05) is 31.2 Å². The number of fused-ring (bicyclic) bond motifs is 1. The summed E-state index contributed by atoms with van der Waals surface area (Å²) in [4.78, 5) is 27.2. The van der Waals surface area contributed by atoms with Gasteiger partial charge in [-0.1, -0.05) is 71.0 Å². The smallest absolute Gasteiger partial charge is 0.241 e. The number of nitrogens with zero attached hydrogens (tertiary/aromatic N) is 1. The number of hydrogen-bond donors (Lipinski definition) is 2. The summed E-state index contributed by atoms with van der Waals surface area (Å²) < 4.78 is 0. The minimum Gasteiger partial charge on any atom is -0.324 e. The normalized spacial score (nSPS) is 17.7. The van der Waals surface area contributed by atoms with Gasteiger partial charge in [0.2, 0.25) is 11.8 Å². The van der Waals surface area contributed by atoms with Gasteiger partial charge < -0.3 is 15.5 Å². The van der Waals surface area contributed by atoms with E-state index in [-0.39, 0.29) is 42.3 Å². The first kappa shape index (κ1) is 23.0. The summed E-state index contributed by atoms with van der Waals surface area (Å²) in [7, 11) is 0. The van der Waals surface area contributed by atoms with Gasteiger partial charge in [-0.05, 0) is 41.5 Å². The summed E-state index contributed by atoms with van der Waals surface area (Å²) in [6, 6.07) is 16.0. The summed E-state index contributed by atoms with van der Waals surface area (Å²) in [5, 5.41) is 6.39. The van der Waals surface area contributed by atoms with Crippen LogP contribution in [0, 0.1) is 5.92 Å². The van der Waals surface area contributed by atoms with Crippen LogP contribution in [-0.2, 0) is 15.0 Å². The van der Waals surface area contributed by atoms with Crippen molar-refractivity contribution in [3.8, 4) is 0 Å². The minimum absolute atomic E-state index is 0.0339. The molecule has 1 heterocycles. The largest absolute Gasteiger partial charge is 0.324 e. The van der Waals surface area contributed by atoms with Crippen molar-refractivity contribution in [1.82, 2.24) is 5.32 Å². The van der Waals surface area contributed by atoms with Gasteiger partial charge in [0.05, 0.1) is 17.9 Å². The molecule has 0 radical (unpaired) electrons. The Morgan fingerprint density at radius 1 is 1.13 bits per heavy atom. The highest BCUT2D eigenvalue weighted by Crippen LogP contribution is 2.32. The Morgan fingerprint density at radius 3 is 2.39 bits per heavy atom. The first-order valence-electron chi connectivity index (χ1n) is 11.1. The molecule has 2 aromatic carbocycles. The molecule has 5 heteroatoms. The van der Waals surface area contributed by atoms with Gasteiger partial charge in [0, 0.05) is 18.5 Å². The van der Waals surface area contributed by atoms with Gasteiger partial charge in [0.25, 0.3) is 0 Å². The van der Waals surface area contributed by atoms with Crippen molar-refractivity contribution in [3.63, 3.8) is 0 Å². The summed E-state index contributed by atoms with van der Waals surface area (Å²) in [5.74, 6) is 0.223. The van der Waals surface area contributed by atoms with E-state index in [9.17, 15) is 9.59 Å². The molecule has 1 aliphatic heterocycles. The third-order valence-corrected chi connectivity index (χ3v) is 5.90. The second-order valence-corrected chi connectivity index (χ2v) is 9.86. The second-order valence-electron chi connectivity index (χ2n) is 9.86. The van der Waals surface area contributed by atoms with Gasteiger partial charge in [-0.25, -0.2) is 0 Å². The average Bonchev–Trinajstić information content (AvgIpc) is 2.81. The van der Waals surface area contributed by atoms with Gasteiger partial charge in [-0.3, -0.25) is 9.59 Å². The molecule has 1 aliphatic rings.